The van der Waals surface area contributed by atoms with Gasteiger partial charge in [-0.3, -0.25) is 4.79 Å². The number of aliphatic hydroxyl groups is 1. The molecule has 0 saturated heterocycles. The van der Waals surface area contributed by atoms with Gasteiger partial charge in [0.15, 0.2) is 0 Å². The third-order valence-corrected chi connectivity index (χ3v) is 8.03. The lowest BCUT2D eigenvalue weighted by Gasteiger charge is -2.28. The SMILES string of the molecule is CCc1ccc(C[C@@H](C[C@H](N)[C@@H](O)CNC(=O)C2(c3ccc(C)cc3)CC2)C(C)C)cc1OCCCOC. The van der Waals surface area contributed by atoms with Gasteiger partial charge in [-0.1, -0.05) is 62.7 Å². The molecule has 0 radical (unpaired) electrons. The number of ether oxygens (including phenoxy) is 2. The Kier molecular flexibility index (Phi) is 11.2. The van der Waals surface area contributed by atoms with E-state index in [1.807, 2.05) is 31.2 Å². The van der Waals surface area contributed by atoms with E-state index >= 15 is 0 Å². The van der Waals surface area contributed by atoms with E-state index in [4.69, 9.17) is 15.2 Å². The van der Waals surface area contributed by atoms with Gasteiger partial charge in [0.1, 0.15) is 5.75 Å². The van der Waals surface area contributed by atoms with Crippen LogP contribution in [0.5, 0.6) is 5.75 Å². The Morgan fingerprint density at radius 3 is 2.45 bits per heavy atom. The second kappa shape index (κ2) is 14.1. The maximum Gasteiger partial charge on any atom is 0.230 e. The molecule has 0 aliphatic heterocycles. The fourth-order valence-corrected chi connectivity index (χ4v) is 5.10. The molecule has 6 nitrogen and oxygen atoms in total. The van der Waals surface area contributed by atoms with Gasteiger partial charge in [0.05, 0.1) is 18.1 Å². The van der Waals surface area contributed by atoms with E-state index in [2.05, 4.69) is 44.3 Å². The van der Waals surface area contributed by atoms with Crippen molar-refractivity contribution in [3.63, 3.8) is 0 Å². The van der Waals surface area contributed by atoms with E-state index in [9.17, 15) is 9.90 Å². The van der Waals surface area contributed by atoms with Gasteiger partial charge in [0, 0.05) is 32.7 Å². The van der Waals surface area contributed by atoms with E-state index in [0.29, 0.717) is 31.5 Å². The molecule has 3 rings (SSSR count). The molecule has 1 aliphatic carbocycles. The number of nitrogens with two attached hydrogens (primary N) is 1. The molecule has 2 aromatic rings. The second-order valence-electron chi connectivity index (χ2n) is 11.3. The summed E-state index contributed by atoms with van der Waals surface area (Å²) in [5, 5.41) is 13.8. The number of methoxy groups -OCH3 is 1. The predicted molar refractivity (Wildman–Crippen MR) is 154 cm³/mol. The van der Waals surface area contributed by atoms with E-state index in [0.717, 1.165) is 43.4 Å². The van der Waals surface area contributed by atoms with Gasteiger partial charge >= 0.3 is 0 Å². The summed E-state index contributed by atoms with van der Waals surface area (Å²) in [5.41, 5.74) is 10.7. The molecule has 2 aromatic carbocycles. The van der Waals surface area contributed by atoms with Crippen molar-refractivity contribution in [2.75, 3.05) is 26.9 Å². The molecule has 0 unspecified atom stereocenters. The molecular weight excluding hydrogens is 476 g/mol. The summed E-state index contributed by atoms with van der Waals surface area (Å²) >= 11 is 0. The van der Waals surface area contributed by atoms with Crippen molar-refractivity contribution < 1.29 is 19.4 Å². The normalized spacial score (nSPS) is 16.6. The highest BCUT2D eigenvalue weighted by atomic mass is 16.5. The maximum absolute atomic E-state index is 13.0. The van der Waals surface area contributed by atoms with E-state index in [-0.39, 0.29) is 12.5 Å². The van der Waals surface area contributed by atoms with Crippen LogP contribution >= 0.6 is 0 Å². The summed E-state index contributed by atoms with van der Waals surface area (Å²) in [6.45, 7) is 10.1. The number of nitrogens with one attached hydrogen (secondary N) is 1. The van der Waals surface area contributed by atoms with Crippen LogP contribution in [0.4, 0.5) is 0 Å². The molecular formula is C32H48N2O4. The van der Waals surface area contributed by atoms with Gasteiger partial charge < -0.3 is 25.6 Å². The van der Waals surface area contributed by atoms with Crippen molar-refractivity contribution in [2.24, 2.45) is 17.6 Å². The number of carbonyl (C=O) groups excluding carboxylic acids is 1. The highest BCUT2D eigenvalue weighted by Crippen LogP contribution is 2.48. The lowest BCUT2D eigenvalue weighted by molar-refractivity contribution is -0.124. The molecule has 4 N–H and O–H groups in total. The van der Waals surface area contributed by atoms with Gasteiger partial charge in [0.25, 0.3) is 0 Å². The Balaban J connectivity index is 1.55. The molecule has 3 atom stereocenters. The third kappa shape index (κ3) is 8.05. The number of hydrogen-bond acceptors (Lipinski definition) is 5. The first-order valence-corrected chi connectivity index (χ1v) is 14.2. The molecule has 0 aromatic heterocycles. The largest absolute Gasteiger partial charge is 0.493 e. The smallest absolute Gasteiger partial charge is 0.230 e. The van der Waals surface area contributed by atoms with Crippen molar-refractivity contribution in [3.05, 3.63) is 64.7 Å². The van der Waals surface area contributed by atoms with Gasteiger partial charge in [0.2, 0.25) is 5.91 Å². The van der Waals surface area contributed by atoms with Crippen molar-refractivity contribution >= 4 is 5.91 Å². The Hall–Kier alpha value is -2.41. The summed E-state index contributed by atoms with van der Waals surface area (Å²) in [4.78, 5) is 13.0. The average molecular weight is 525 g/mol. The third-order valence-electron chi connectivity index (χ3n) is 8.03. The van der Waals surface area contributed by atoms with Crippen molar-refractivity contribution in [1.29, 1.82) is 0 Å². The zero-order chi connectivity index (χ0) is 27.7. The summed E-state index contributed by atoms with van der Waals surface area (Å²) in [5.74, 6) is 1.63. The molecule has 1 fully saturated rings. The highest BCUT2D eigenvalue weighted by molar-refractivity contribution is 5.91. The molecule has 0 spiro atoms. The number of aliphatic hydroxyl groups excluding tert-OH is 1. The van der Waals surface area contributed by atoms with Gasteiger partial charge in [-0.15, -0.1) is 0 Å². The van der Waals surface area contributed by atoms with Crippen LogP contribution in [0.25, 0.3) is 0 Å². The van der Waals surface area contributed by atoms with Crippen molar-refractivity contribution in [1.82, 2.24) is 5.32 Å². The molecule has 1 saturated carbocycles. The standard InChI is InChI=1S/C32H48N2O4/c1-6-25-11-10-24(19-30(25)38-17-7-16-37-5)18-26(22(2)3)20-28(33)29(35)21-34-31(36)32(14-15-32)27-12-8-23(4)9-13-27/h8-13,19,22,26,28-29,35H,6-7,14-18,20-21,33H2,1-5H3,(H,34,36)/t26-,28-,29-/m0/s1. The molecule has 210 valence electrons. The van der Waals surface area contributed by atoms with Gasteiger partial charge in [-0.25, -0.2) is 0 Å². The van der Waals surface area contributed by atoms with Crippen LogP contribution in [-0.4, -0.2) is 50.0 Å². The second-order valence-corrected chi connectivity index (χ2v) is 11.3. The van der Waals surface area contributed by atoms with Crippen molar-refractivity contribution in [2.45, 2.75) is 83.8 Å². The molecule has 0 heterocycles. The number of benzene rings is 2. The fourth-order valence-electron chi connectivity index (χ4n) is 5.10. The van der Waals surface area contributed by atoms with Crippen LogP contribution in [-0.2, 0) is 27.8 Å². The minimum Gasteiger partial charge on any atom is -0.493 e. The monoisotopic (exact) mass is 524 g/mol. The average Bonchev–Trinajstić information content (AvgIpc) is 3.71. The van der Waals surface area contributed by atoms with Gasteiger partial charge in [-0.05, 0) is 73.6 Å². The number of hydrogen-bond donors (Lipinski definition) is 3. The van der Waals surface area contributed by atoms with Gasteiger partial charge in [-0.2, -0.15) is 0 Å². The van der Waals surface area contributed by atoms with E-state index in [1.54, 1.807) is 7.11 Å². The van der Waals surface area contributed by atoms with Crippen LogP contribution in [0.3, 0.4) is 0 Å². The molecule has 0 bridgehead atoms. The minimum absolute atomic E-state index is 0.0120. The first-order chi connectivity index (χ1) is 18.2. The quantitative estimate of drug-likeness (QED) is 0.277. The maximum atomic E-state index is 13.0. The Labute approximate surface area is 229 Å². The predicted octanol–water partition coefficient (Wildman–Crippen LogP) is 4.71. The Morgan fingerprint density at radius 2 is 1.84 bits per heavy atom. The number of rotatable bonds is 16. The molecule has 1 amide bonds. The van der Waals surface area contributed by atoms with Crippen LogP contribution < -0.4 is 15.8 Å². The Morgan fingerprint density at radius 1 is 1.13 bits per heavy atom. The first-order valence-electron chi connectivity index (χ1n) is 14.2. The highest BCUT2D eigenvalue weighted by Gasteiger charge is 2.51. The zero-order valence-corrected chi connectivity index (χ0v) is 24.0. The Bertz CT molecular complexity index is 1020. The molecule has 1 aliphatic rings. The summed E-state index contributed by atoms with van der Waals surface area (Å²) in [6, 6.07) is 14.3. The number of amides is 1. The fraction of sp³-hybridized carbons (Fsp3) is 0.594. The summed E-state index contributed by atoms with van der Waals surface area (Å²) in [7, 11) is 1.70. The van der Waals surface area contributed by atoms with Crippen LogP contribution in [0, 0.1) is 18.8 Å². The van der Waals surface area contributed by atoms with Crippen molar-refractivity contribution in [3.8, 4) is 5.75 Å². The molecule has 38 heavy (non-hydrogen) atoms. The van der Waals surface area contributed by atoms with E-state index in [1.165, 1.54) is 16.7 Å². The first kappa shape index (κ1) is 30.1. The topological polar surface area (TPSA) is 93.8 Å². The minimum atomic E-state index is -0.795. The lowest BCUT2D eigenvalue weighted by Crippen LogP contribution is -2.47. The lowest BCUT2D eigenvalue weighted by atomic mass is 9.83. The molecule has 6 heteroatoms. The van der Waals surface area contributed by atoms with Crippen LogP contribution in [0.2, 0.25) is 0 Å². The number of carbonyl (C=O) groups is 1. The summed E-state index contributed by atoms with van der Waals surface area (Å²) in [6.07, 6.45) is 4.20. The van der Waals surface area contributed by atoms with Crippen LogP contribution in [0.1, 0.15) is 68.7 Å². The number of aryl methyl sites for hydroxylation is 2. The van der Waals surface area contributed by atoms with Crippen LogP contribution in [0.15, 0.2) is 42.5 Å². The van der Waals surface area contributed by atoms with E-state index < -0.39 is 17.6 Å². The summed E-state index contributed by atoms with van der Waals surface area (Å²) < 4.78 is 11.2. The zero-order valence-electron chi connectivity index (χ0n) is 24.0.